The van der Waals surface area contributed by atoms with Crippen LogP contribution in [0.15, 0.2) is 0 Å². The van der Waals surface area contributed by atoms with Crippen molar-refractivity contribution in [1.29, 1.82) is 0 Å². The molecule has 1 saturated heterocycles. The van der Waals surface area contributed by atoms with Gasteiger partial charge < -0.3 is 5.73 Å². The van der Waals surface area contributed by atoms with E-state index >= 15 is 0 Å². The van der Waals surface area contributed by atoms with Crippen LogP contribution in [0.2, 0.25) is 0 Å². The van der Waals surface area contributed by atoms with E-state index in [1.807, 2.05) is 0 Å². The van der Waals surface area contributed by atoms with Crippen LogP contribution in [0.4, 0.5) is 0 Å². The molecule has 0 spiro atoms. The second kappa shape index (κ2) is 6.36. The summed E-state index contributed by atoms with van der Waals surface area (Å²) in [4.78, 5) is 2.76. The zero-order valence-electron chi connectivity index (χ0n) is 14.4. The van der Waals surface area contributed by atoms with E-state index in [4.69, 9.17) is 5.73 Å². The van der Waals surface area contributed by atoms with E-state index in [0.717, 1.165) is 11.8 Å². The van der Waals surface area contributed by atoms with E-state index in [9.17, 15) is 0 Å². The number of hydrogen-bond donors (Lipinski definition) is 1. The number of nitrogens with two attached hydrogens (primary N) is 1. The van der Waals surface area contributed by atoms with Crippen molar-refractivity contribution in [1.82, 2.24) is 4.90 Å². The fourth-order valence-corrected chi connectivity index (χ4v) is 4.39. The highest BCUT2D eigenvalue weighted by Gasteiger charge is 2.40. The Morgan fingerprint density at radius 3 is 2.50 bits per heavy atom. The van der Waals surface area contributed by atoms with Crippen molar-refractivity contribution in [2.45, 2.75) is 91.3 Å². The molecule has 5 atom stereocenters. The van der Waals surface area contributed by atoms with Gasteiger partial charge in [0.1, 0.15) is 0 Å². The SMILES string of the molecule is CCC(C)(C)C1CCC(N)C(N2CCCC(C)C2C)C1. The van der Waals surface area contributed by atoms with Crippen LogP contribution in [0.1, 0.15) is 73.1 Å². The van der Waals surface area contributed by atoms with Gasteiger partial charge in [-0.05, 0) is 62.8 Å². The van der Waals surface area contributed by atoms with E-state index < -0.39 is 0 Å². The highest BCUT2D eigenvalue weighted by atomic mass is 15.2. The Balaban J connectivity index is 2.09. The van der Waals surface area contributed by atoms with Crippen molar-refractivity contribution in [3.8, 4) is 0 Å². The summed E-state index contributed by atoms with van der Waals surface area (Å²) in [6.45, 7) is 13.4. The minimum atomic E-state index is 0.395. The van der Waals surface area contributed by atoms with Gasteiger partial charge in [0, 0.05) is 18.1 Å². The third-order valence-electron chi connectivity index (χ3n) is 6.73. The molecule has 5 unspecified atom stereocenters. The maximum absolute atomic E-state index is 6.52. The van der Waals surface area contributed by atoms with Gasteiger partial charge in [0.2, 0.25) is 0 Å². The normalized spacial score (nSPS) is 40.8. The van der Waals surface area contributed by atoms with Gasteiger partial charge in [0.05, 0.1) is 0 Å². The van der Waals surface area contributed by atoms with Crippen LogP contribution in [-0.4, -0.2) is 29.6 Å². The van der Waals surface area contributed by atoms with Crippen molar-refractivity contribution < 1.29 is 0 Å². The summed E-state index contributed by atoms with van der Waals surface area (Å²) in [5.74, 6) is 1.68. The lowest BCUT2D eigenvalue weighted by Crippen LogP contribution is -2.58. The Bertz CT molecular complexity index is 313. The maximum Gasteiger partial charge on any atom is 0.0252 e. The van der Waals surface area contributed by atoms with Gasteiger partial charge in [0.15, 0.2) is 0 Å². The molecule has 0 bridgehead atoms. The summed E-state index contributed by atoms with van der Waals surface area (Å²) in [5.41, 5.74) is 7.00. The van der Waals surface area contributed by atoms with E-state index in [0.29, 0.717) is 23.5 Å². The van der Waals surface area contributed by atoms with Crippen LogP contribution < -0.4 is 5.73 Å². The Morgan fingerprint density at radius 2 is 1.85 bits per heavy atom. The quantitative estimate of drug-likeness (QED) is 0.845. The van der Waals surface area contributed by atoms with Crippen LogP contribution >= 0.6 is 0 Å². The van der Waals surface area contributed by atoms with Crippen LogP contribution in [0.5, 0.6) is 0 Å². The molecule has 0 aromatic heterocycles. The summed E-state index contributed by atoms with van der Waals surface area (Å²) in [5, 5.41) is 0. The monoisotopic (exact) mass is 280 g/mol. The van der Waals surface area contributed by atoms with Gasteiger partial charge in [-0.1, -0.05) is 34.1 Å². The topological polar surface area (TPSA) is 29.3 Å². The third-order valence-corrected chi connectivity index (χ3v) is 6.73. The average Bonchev–Trinajstić information content (AvgIpc) is 2.42. The predicted molar refractivity (Wildman–Crippen MR) is 87.7 cm³/mol. The Kier molecular flexibility index (Phi) is 5.18. The molecule has 2 rings (SSSR count). The molecule has 1 saturated carbocycles. The van der Waals surface area contributed by atoms with Crippen molar-refractivity contribution >= 4 is 0 Å². The molecule has 0 aromatic rings. The third kappa shape index (κ3) is 3.22. The van der Waals surface area contributed by atoms with E-state index in [2.05, 4.69) is 39.5 Å². The zero-order chi connectivity index (χ0) is 14.9. The second-order valence-electron chi connectivity index (χ2n) is 8.18. The van der Waals surface area contributed by atoms with E-state index in [1.54, 1.807) is 0 Å². The molecule has 1 heterocycles. The molecule has 1 aliphatic heterocycles. The highest BCUT2D eigenvalue weighted by molar-refractivity contribution is 4.96. The second-order valence-corrected chi connectivity index (χ2v) is 8.18. The highest BCUT2D eigenvalue weighted by Crippen LogP contribution is 2.42. The molecule has 20 heavy (non-hydrogen) atoms. The minimum absolute atomic E-state index is 0.395. The van der Waals surface area contributed by atoms with Gasteiger partial charge in [-0.3, -0.25) is 4.90 Å². The first-order valence-electron chi connectivity index (χ1n) is 8.88. The fraction of sp³-hybridized carbons (Fsp3) is 1.00. The first kappa shape index (κ1) is 16.3. The first-order chi connectivity index (χ1) is 9.36. The summed E-state index contributed by atoms with van der Waals surface area (Å²) >= 11 is 0. The molecule has 0 radical (unpaired) electrons. The molecule has 2 nitrogen and oxygen atoms in total. The molecule has 0 amide bonds. The first-order valence-corrected chi connectivity index (χ1v) is 8.88. The summed E-state index contributed by atoms with van der Waals surface area (Å²) < 4.78 is 0. The molecular formula is C18H36N2. The van der Waals surface area contributed by atoms with Crippen LogP contribution in [0.25, 0.3) is 0 Å². The summed E-state index contributed by atoms with van der Waals surface area (Å²) in [6, 6.07) is 1.73. The van der Waals surface area contributed by atoms with Crippen molar-refractivity contribution in [2.75, 3.05) is 6.54 Å². The van der Waals surface area contributed by atoms with E-state index in [-0.39, 0.29) is 0 Å². The largest absolute Gasteiger partial charge is 0.326 e. The predicted octanol–water partition coefficient (Wildman–Crippen LogP) is 4.04. The lowest BCUT2D eigenvalue weighted by atomic mass is 9.67. The molecular weight excluding hydrogens is 244 g/mol. The van der Waals surface area contributed by atoms with Crippen LogP contribution in [0, 0.1) is 17.3 Å². The Labute approximate surface area is 126 Å². The van der Waals surface area contributed by atoms with Crippen LogP contribution in [-0.2, 0) is 0 Å². The van der Waals surface area contributed by atoms with Crippen molar-refractivity contribution in [3.63, 3.8) is 0 Å². The standard InChI is InChI=1S/C18H36N2/c1-6-18(4,5)15-9-10-16(19)17(12-15)20-11-7-8-13(2)14(20)3/h13-17H,6-12,19H2,1-5H3. The molecule has 1 aliphatic carbocycles. The van der Waals surface area contributed by atoms with Gasteiger partial charge in [-0.2, -0.15) is 0 Å². The summed E-state index contributed by atoms with van der Waals surface area (Å²) in [6.07, 6.45) is 7.90. The molecule has 118 valence electrons. The number of rotatable bonds is 3. The van der Waals surface area contributed by atoms with Crippen LogP contribution in [0.3, 0.4) is 0 Å². The number of hydrogen-bond acceptors (Lipinski definition) is 2. The fourth-order valence-electron chi connectivity index (χ4n) is 4.39. The summed E-state index contributed by atoms with van der Waals surface area (Å²) in [7, 11) is 0. The van der Waals surface area contributed by atoms with Gasteiger partial charge in [0.25, 0.3) is 0 Å². The number of likely N-dealkylation sites (tertiary alicyclic amines) is 1. The van der Waals surface area contributed by atoms with Gasteiger partial charge >= 0.3 is 0 Å². The maximum atomic E-state index is 6.52. The molecule has 2 heteroatoms. The smallest absolute Gasteiger partial charge is 0.0252 e. The van der Waals surface area contributed by atoms with Gasteiger partial charge in [-0.25, -0.2) is 0 Å². The van der Waals surface area contributed by atoms with E-state index in [1.165, 1.54) is 45.1 Å². The minimum Gasteiger partial charge on any atom is -0.326 e. The average molecular weight is 280 g/mol. The van der Waals surface area contributed by atoms with Crippen molar-refractivity contribution in [3.05, 3.63) is 0 Å². The zero-order valence-corrected chi connectivity index (χ0v) is 14.4. The molecule has 2 N–H and O–H groups in total. The molecule has 2 fully saturated rings. The molecule has 0 aromatic carbocycles. The lowest BCUT2D eigenvalue weighted by molar-refractivity contribution is 0.00706. The van der Waals surface area contributed by atoms with Gasteiger partial charge in [-0.15, -0.1) is 0 Å². The lowest BCUT2D eigenvalue weighted by Gasteiger charge is -2.50. The Morgan fingerprint density at radius 1 is 1.15 bits per heavy atom. The Hall–Kier alpha value is -0.0800. The number of piperidine rings is 1. The number of nitrogens with zero attached hydrogens (tertiary/aromatic N) is 1. The van der Waals surface area contributed by atoms with Crippen molar-refractivity contribution in [2.24, 2.45) is 23.0 Å². The molecule has 2 aliphatic rings.